The van der Waals surface area contributed by atoms with E-state index in [4.69, 9.17) is 5.73 Å². The Labute approximate surface area is 93.9 Å². The number of non-ortho nitro benzene ring substituents is 1. The molecule has 1 aliphatic rings. The molecule has 0 saturated heterocycles. The van der Waals surface area contributed by atoms with Crippen LogP contribution >= 0.6 is 0 Å². The molecule has 0 aliphatic heterocycles. The van der Waals surface area contributed by atoms with Crippen LogP contribution in [0.25, 0.3) is 0 Å². The molecule has 0 fully saturated rings. The number of nitro benzene ring substituents is 1. The SMILES string of the molecule is Nc1ccc([N+](=O)[O-])cc1C1C=CCCC1. The van der Waals surface area contributed by atoms with Crippen LogP contribution in [0.2, 0.25) is 0 Å². The maximum absolute atomic E-state index is 10.7. The molecule has 2 rings (SSSR count). The number of anilines is 1. The number of nitro groups is 1. The summed E-state index contributed by atoms with van der Waals surface area (Å²) in [5, 5.41) is 10.7. The van der Waals surface area contributed by atoms with Gasteiger partial charge in [0.25, 0.3) is 5.69 Å². The molecule has 16 heavy (non-hydrogen) atoms. The summed E-state index contributed by atoms with van der Waals surface area (Å²) in [6.45, 7) is 0. The van der Waals surface area contributed by atoms with Crippen LogP contribution in [0.1, 0.15) is 30.7 Å². The van der Waals surface area contributed by atoms with Crippen LogP contribution in [0.15, 0.2) is 30.4 Å². The number of rotatable bonds is 2. The second kappa shape index (κ2) is 4.35. The van der Waals surface area contributed by atoms with Gasteiger partial charge in [-0.3, -0.25) is 10.1 Å². The van der Waals surface area contributed by atoms with Crippen LogP contribution in [0.5, 0.6) is 0 Å². The molecule has 2 N–H and O–H groups in total. The van der Waals surface area contributed by atoms with Gasteiger partial charge in [0.05, 0.1) is 4.92 Å². The molecule has 0 aromatic heterocycles. The fraction of sp³-hybridized carbons (Fsp3) is 0.333. The predicted molar refractivity (Wildman–Crippen MR) is 63.2 cm³/mol. The van der Waals surface area contributed by atoms with Crippen molar-refractivity contribution in [3.63, 3.8) is 0 Å². The lowest BCUT2D eigenvalue weighted by atomic mass is 9.88. The molecule has 84 valence electrons. The van der Waals surface area contributed by atoms with Gasteiger partial charge in [-0.25, -0.2) is 0 Å². The van der Waals surface area contributed by atoms with Crippen molar-refractivity contribution in [2.24, 2.45) is 0 Å². The molecule has 4 nitrogen and oxygen atoms in total. The van der Waals surface area contributed by atoms with E-state index in [2.05, 4.69) is 12.2 Å². The third-order valence-electron chi connectivity index (χ3n) is 2.93. The summed E-state index contributed by atoms with van der Waals surface area (Å²) in [5.74, 6) is 0.230. The second-order valence-corrected chi connectivity index (χ2v) is 4.04. The zero-order valence-corrected chi connectivity index (χ0v) is 8.93. The molecule has 1 aromatic rings. The maximum atomic E-state index is 10.7. The predicted octanol–water partition coefficient (Wildman–Crippen LogP) is 3.00. The molecular weight excluding hydrogens is 204 g/mol. The van der Waals surface area contributed by atoms with E-state index in [0.717, 1.165) is 24.8 Å². The van der Waals surface area contributed by atoms with E-state index >= 15 is 0 Å². The van der Waals surface area contributed by atoms with Gasteiger partial charge in [-0.1, -0.05) is 12.2 Å². The topological polar surface area (TPSA) is 69.2 Å². The monoisotopic (exact) mass is 218 g/mol. The Kier molecular flexibility index (Phi) is 2.90. The first-order chi connectivity index (χ1) is 7.68. The Morgan fingerprint density at radius 2 is 2.25 bits per heavy atom. The van der Waals surface area contributed by atoms with E-state index in [1.807, 2.05) is 0 Å². The van der Waals surface area contributed by atoms with Gasteiger partial charge in [-0.05, 0) is 30.9 Å². The molecule has 0 bridgehead atoms. The zero-order chi connectivity index (χ0) is 11.5. The second-order valence-electron chi connectivity index (χ2n) is 4.04. The molecule has 0 amide bonds. The standard InChI is InChI=1S/C12H14N2O2/c13-12-7-6-10(14(15)16)8-11(12)9-4-2-1-3-5-9/h2,4,6-9H,1,3,5,13H2. The minimum absolute atomic E-state index is 0.114. The van der Waals surface area contributed by atoms with Crippen molar-refractivity contribution >= 4 is 11.4 Å². The summed E-state index contributed by atoms with van der Waals surface area (Å²) in [7, 11) is 0. The van der Waals surface area contributed by atoms with Crippen molar-refractivity contribution < 1.29 is 4.92 Å². The first kappa shape index (κ1) is 10.7. The number of nitrogen functional groups attached to an aromatic ring is 1. The van der Waals surface area contributed by atoms with Gasteiger partial charge in [0.1, 0.15) is 0 Å². The lowest BCUT2D eigenvalue weighted by Gasteiger charge is -2.18. The fourth-order valence-electron chi connectivity index (χ4n) is 2.07. The van der Waals surface area contributed by atoms with Crippen molar-refractivity contribution in [3.05, 3.63) is 46.0 Å². The number of hydrogen-bond donors (Lipinski definition) is 1. The zero-order valence-electron chi connectivity index (χ0n) is 8.93. The highest BCUT2D eigenvalue weighted by Gasteiger charge is 2.17. The van der Waals surface area contributed by atoms with Gasteiger partial charge in [-0.15, -0.1) is 0 Å². The highest BCUT2D eigenvalue weighted by atomic mass is 16.6. The van der Waals surface area contributed by atoms with Crippen molar-refractivity contribution in [1.82, 2.24) is 0 Å². The Morgan fingerprint density at radius 1 is 1.44 bits per heavy atom. The van der Waals surface area contributed by atoms with Crippen LogP contribution in [0.4, 0.5) is 11.4 Å². The Bertz CT molecular complexity index is 441. The minimum Gasteiger partial charge on any atom is -0.398 e. The highest BCUT2D eigenvalue weighted by Crippen LogP contribution is 2.33. The third-order valence-corrected chi connectivity index (χ3v) is 2.93. The molecule has 0 heterocycles. The summed E-state index contributed by atoms with van der Waals surface area (Å²) in [5.41, 5.74) is 7.50. The Hall–Kier alpha value is -1.84. The molecule has 0 saturated carbocycles. The normalized spacial score (nSPS) is 19.6. The molecule has 0 spiro atoms. The van der Waals surface area contributed by atoms with Gasteiger partial charge in [0.2, 0.25) is 0 Å². The lowest BCUT2D eigenvalue weighted by Crippen LogP contribution is -2.04. The van der Waals surface area contributed by atoms with Crippen LogP contribution in [0.3, 0.4) is 0 Å². The quantitative estimate of drug-likeness (QED) is 0.359. The smallest absolute Gasteiger partial charge is 0.269 e. The van der Waals surface area contributed by atoms with Gasteiger partial charge in [0.15, 0.2) is 0 Å². The summed E-state index contributed by atoms with van der Waals surface area (Å²) in [6, 6.07) is 4.66. The average molecular weight is 218 g/mol. The van der Waals surface area contributed by atoms with E-state index < -0.39 is 0 Å². The summed E-state index contributed by atoms with van der Waals surface area (Å²) in [4.78, 5) is 10.3. The number of nitrogens with two attached hydrogens (primary N) is 1. The van der Waals surface area contributed by atoms with Crippen molar-refractivity contribution in [2.45, 2.75) is 25.2 Å². The van der Waals surface area contributed by atoms with Gasteiger partial charge in [-0.2, -0.15) is 0 Å². The van der Waals surface area contributed by atoms with Crippen LogP contribution in [0, 0.1) is 10.1 Å². The van der Waals surface area contributed by atoms with Crippen molar-refractivity contribution in [2.75, 3.05) is 5.73 Å². The van der Waals surface area contributed by atoms with E-state index in [1.165, 1.54) is 6.07 Å². The van der Waals surface area contributed by atoms with E-state index in [1.54, 1.807) is 12.1 Å². The lowest BCUT2D eigenvalue weighted by molar-refractivity contribution is -0.384. The number of allylic oxidation sites excluding steroid dienone is 2. The molecule has 4 heteroatoms. The molecular formula is C12H14N2O2. The van der Waals surface area contributed by atoms with Gasteiger partial charge in [0, 0.05) is 23.7 Å². The van der Waals surface area contributed by atoms with E-state index in [-0.39, 0.29) is 16.5 Å². The number of hydrogen-bond acceptors (Lipinski definition) is 3. The van der Waals surface area contributed by atoms with Crippen molar-refractivity contribution in [1.29, 1.82) is 0 Å². The summed E-state index contributed by atoms with van der Waals surface area (Å²) >= 11 is 0. The van der Waals surface area contributed by atoms with E-state index in [0.29, 0.717) is 5.69 Å². The van der Waals surface area contributed by atoms with Crippen molar-refractivity contribution in [3.8, 4) is 0 Å². The molecule has 1 atom stereocenters. The molecule has 0 radical (unpaired) electrons. The average Bonchev–Trinajstić information content (AvgIpc) is 2.30. The Balaban J connectivity index is 2.38. The summed E-state index contributed by atoms with van der Waals surface area (Å²) in [6.07, 6.45) is 7.43. The molecule has 1 aliphatic carbocycles. The number of benzene rings is 1. The van der Waals surface area contributed by atoms with Gasteiger partial charge < -0.3 is 5.73 Å². The van der Waals surface area contributed by atoms with Crippen LogP contribution < -0.4 is 5.73 Å². The molecule has 1 aromatic carbocycles. The third kappa shape index (κ3) is 2.05. The minimum atomic E-state index is -0.379. The van der Waals surface area contributed by atoms with Crippen LogP contribution in [-0.4, -0.2) is 4.92 Å². The van der Waals surface area contributed by atoms with Gasteiger partial charge >= 0.3 is 0 Å². The first-order valence-electron chi connectivity index (χ1n) is 5.39. The highest BCUT2D eigenvalue weighted by molar-refractivity contribution is 5.55. The largest absolute Gasteiger partial charge is 0.398 e. The van der Waals surface area contributed by atoms with Crippen LogP contribution in [-0.2, 0) is 0 Å². The van der Waals surface area contributed by atoms with E-state index in [9.17, 15) is 10.1 Å². The summed E-state index contributed by atoms with van der Waals surface area (Å²) < 4.78 is 0. The fourth-order valence-corrected chi connectivity index (χ4v) is 2.07. The maximum Gasteiger partial charge on any atom is 0.269 e. The number of nitrogens with zero attached hydrogens (tertiary/aromatic N) is 1. The molecule has 1 unspecified atom stereocenters. The first-order valence-corrected chi connectivity index (χ1v) is 5.39. The Morgan fingerprint density at radius 3 is 2.88 bits per heavy atom.